The molecule has 0 radical (unpaired) electrons. The molecule has 0 aliphatic rings. The Morgan fingerprint density at radius 2 is 1.88 bits per heavy atom. The lowest BCUT2D eigenvalue weighted by atomic mass is 10.0. The van der Waals surface area contributed by atoms with Gasteiger partial charge < -0.3 is 5.11 Å². The van der Waals surface area contributed by atoms with Gasteiger partial charge in [-0.3, -0.25) is 3.07 Å². The summed E-state index contributed by atoms with van der Waals surface area (Å²) < 4.78 is 37.5. The van der Waals surface area contributed by atoms with Crippen molar-refractivity contribution in [2.75, 3.05) is 0 Å². The monoisotopic (exact) mass is 350 g/mol. The van der Waals surface area contributed by atoms with Gasteiger partial charge in [0.15, 0.2) is 21.2 Å². The Labute approximate surface area is 105 Å². The van der Waals surface area contributed by atoms with Gasteiger partial charge in [-0.05, 0) is 12.1 Å². The Bertz CT molecular complexity index is 640. The number of rotatable bonds is 2. The minimum Gasteiger partial charge on any atom is -0.478 e. The zero-order valence-corrected chi connectivity index (χ0v) is 10.4. The molecule has 0 heterocycles. The first kappa shape index (κ1) is 12.0. The average molecular weight is 350 g/mol. The third-order valence-electron chi connectivity index (χ3n) is 2.31. The highest BCUT2D eigenvalue weighted by molar-refractivity contribution is 14.1. The van der Waals surface area contributed by atoms with E-state index in [1.807, 2.05) is 0 Å². The predicted molar refractivity (Wildman–Crippen MR) is 64.2 cm³/mol. The zero-order valence-electron chi connectivity index (χ0n) is 8.21. The summed E-state index contributed by atoms with van der Waals surface area (Å²) in [6, 6.07) is 4.68. The molecule has 0 aromatic heterocycles. The maximum absolute atomic E-state index is 13.5. The maximum atomic E-state index is 13.5. The first-order valence-corrected chi connectivity index (χ1v) is 6.43. The van der Waals surface area contributed by atoms with Gasteiger partial charge in [0, 0.05) is 10.8 Å². The first-order valence-electron chi connectivity index (χ1n) is 4.47. The van der Waals surface area contributed by atoms with E-state index in [4.69, 9.17) is 5.11 Å². The highest BCUT2D eigenvalue weighted by Gasteiger charge is 2.20. The molecule has 0 aliphatic heterocycles. The van der Waals surface area contributed by atoms with Gasteiger partial charge in [-0.1, -0.05) is 12.1 Å². The van der Waals surface area contributed by atoms with Crippen LogP contribution in [0.4, 0.5) is 8.78 Å². The fourth-order valence-corrected chi connectivity index (χ4v) is 2.72. The SMILES string of the molecule is O=Ic1c(F)cc2c(F)cccc2c1C(=O)O. The molecular formula is C11H5F2IO3. The summed E-state index contributed by atoms with van der Waals surface area (Å²) >= 11 is -1.98. The molecule has 6 heteroatoms. The molecule has 1 N–H and O–H groups in total. The summed E-state index contributed by atoms with van der Waals surface area (Å²) in [4.78, 5) is 11.0. The normalized spacial score (nSPS) is 10.7. The van der Waals surface area contributed by atoms with Gasteiger partial charge in [-0.15, -0.1) is 0 Å². The quantitative estimate of drug-likeness (QED) is 0.846. The number of fused-ring (bicyclic) bond motifs is 1. The molecule has 0 fully saturated rings. The van der Waals surface area contributed by atoms with Crippen LogP contribution in [0.3, 0.4) is 0 Å². The van der Waals surface area contributed by atoms with Crippen LogP contribution < -0.4 is 0 Å². The summed E-state index contributed by atoms with van der Waals surface area (Å²) in [6.45, 7) is 0. The van der Waals surface area contributed by atoms with Crippen LogP contribution in [0.25, 0.3) is 10.8 Å². The van der Waals surface area contributed by atoms with Gasteiger partial charge in [0.1, 0.15) is 11.6 Å². The van der Waals surface area contributed by atoms with Gasteiger partial charge >= 0.3 is 5.97 Å². The lowest BCUT2D eigenvalue weighted by Gasteiger charge is -2.06. The third-order valence-corrected chi connectivity index (χ3v) is 3.81. The van der Waals surface area contributed by atoms with Crippen LogP contribution in [0.5, 0.6) is 0 Å². The number of benzene rings is 2. The third kappa shape index (κ3) is 1.92. The Morgan fingerprint density at radius 1 is 1.18 bits per heavy atom. The van der Waals surface area contributed by atoms with Crippen molar-refractivity contribution in [3.8, 4) is 0 Å². The fourth-order valence-electron chi connectivity index (χ4n) is 1.61. The maximum Gasteiger partial charge on any atom is 0.337 e. The van der Waals surface area contributed by atoms with E-state index in [2.05, 4.69) is 0 Å². The zero-order chi connectivity index (χ0) is 12.6. The molecule has 0 atom stereocenters. The fraction of sp³-hybridized carbons (Fsp3) is 0. The minimum atomic E-state index is -1.98. The number of hydrogen-bond acceptors (Lipinski definition) is 2. The van der Waals surface area contributed by atoms with Crippen molar-refractivity contribution in [3.63, 3.8) is 0 Å². The summed E-state index contributed by atoms with van der Waals surface area (Å²) in [5, 5.41) is 8.94. The molecule has 3 nitrogen and oxygen atoms in total. The van der Waals surface area contributed by atoms with Crippen LogP contribution in [-0.2, 0) is 3.07 Å². The lowest BCUT2D eigenvalue weighted by molar-refractivity contribution is 0.0697. The van der Waals surface area contributed by atoms with Crippen molar-refractivity contribution >= 4 is 37.9 Å². The van der Waals surface area contributed by atoms with Crippen molar-refractivity contribution in [1.29, 1.82) is 0 Å². The van der Waals surface area contributed by atoms with Gasteiger partial charge in [0.2, 0.25) is 0 Å². The van der Waals surface area contributed by atoms with E-state index in [0.29, 0.717) is 0 Å². The molecule has 0 amide bonds. The van der Waals surface area contributed by atoms with E-state index in [1.54, 1.807) is 0 Å². The van der Waals surface area contributed by atoms with Crippen LogP contribution in [0.1, 0.15) is 10.4 Å². The van der Waals surface area contributed by atoms with E-state index < -0.39 is 44.4 Å². The molecule has 0 saturated carbocycles. The second kappa shape index (κ2) is 4.44. The van der Waals surface area contributed by atoms with Crippen molar-refractivity contribution in [2.24, 2.45) is 0 Å². The van der Waals surface area contributed by atoms with E-state index in [-0.39, 0.29) is 14.3 Å². The minimum absolute atomic E-state index is 0.0597. The molecule has 2 rings (SSSR count). The van der Waals surface area contributed by atoms with Crippen LogP contribution in [0.2, 0.25) is 0 Å². The second-order valence-corrected chi connectivity index (χ2v) is 4.78. The highest BCUT2D eigenvalue weighted by atomic mass is 127. The van der Waals surface area contributed by atoms with Crippen molar-refractivity contribution in [2.45, 2.75) is 0 Å². The smallest absolute Gasteiger partial charge is 0.337 e. The number of carbonyl (C=O) groups is 1. The molecule has 0 unspecified atom stereocenters. The molecule has 0 spiro atoms. The molecule has 0 aliphatic carbocycles. The lowest BCUT2D eigenvalue weighted by Crippen LogP contribution is -2.04. The Balaban J connectivity index is 3.03. The number of carboxylic acids is 1. The summed E-state index contributed by atoms with van der Waals surface area (Å²) in [5.74, 6) is -3.06. The van der Waals surface area contributed by atoms with E-state index >= 15 is 0 Å². The van der Waals surface area contributed by atoms with Gasteiger partial charge in [0.05, 0.1) is 9.13 Å². The number of carboxylic acid groups (broad SMARTS) is 1. The molecule has 17 heavy (non-hydrogen) atoms. The largest absolute Gasteiger partial charge is 0.478 e. The van der Waals surface area contributed by atoms with Gasteiger partial charge in [-0.25, -0.2) is 13.6 Å². The first-order chi connectivity index (χ1) is 8.06. The molecule has 0 bridgehead atoms. The standard InChI is InChI=1S/C11H5F2IO3/c12-7-3-1-2-5-6(7)4-8(13)10(14-17)9(5)11(15)16/h1-4H,(H,15,16). The predicted octanol–water partition coefficient (Wildman–Crippen LogP) is 3.30. The molecule has 0 saturated heterocycles. The van der Waals surface area contributed by atoms with Crippen LogP contribution in [0, 0.1) is 15.2 Å². The Hall–Kier alpha value is -1.44. The van der Waals surface area contributed by atoms with Crippen molar-refractivity contribution in [1.82, 2.24) is 0 Å². The summed E-state index contributed by atoms with van der Waals surface area (Å²) in [5.41, 5.74) is -0.415. The molecular weight excluding hydrogens is 345 g/mol. The topological polar surface area (TPSA) is 54.4 Å². The highest BCUT2D eigenvalue weighted by Crippen LogP contribution is 2.29. The van der Waals surface area contributed by atoms with Crippen LogP contribution >= 0.6 is 21.2 Å². The summed E-state index contributed by atoms with van der Waals surface area (Å²) in [6.07, 6.45) is 0. The van der Waals surface area contributed by atoms with Gasteiger partial charge in [-0.2, -0.15) is 0 Å². The molecule has 2 aromatic rings. The van der Waals surface area contributed by atoms with E-state index in [1.165, 1.54) is 12.1 Å². The van der Waals surface area contributed by atoms with Crippen LogP contribution in [-0.4, -0.2) is 11.1 Å². The van der Waals surface area contributed by atoms with Gasteiger partial charge in [0.25, 0.3) is 0 Å². The number of halogens is 3. The van der Waals surface area contributed by atoms with Crippen molar-refractivity contribution < 1.29 is 21.8 Å². The number of aromatic carboxylic acids is 1. The van der Waals surface area contributed by atoms with E-state index in [0.717, 1.165) is 12.1 Å². The second-order valence-electron chi connectivity index (χ2n) is 3.26. The summed E-state index contributed by atoms with van der Waals surface area (Å²) in [7, 11) is 0. The van der Waals surface area contributed by atoms with Crippen molar-refractivity contribution in [3.05, 3.63) is 45.0 Å². The molecule has 2 aromatic carbocycles. The molecule has 88 valence electrons. The van der Waals surface area contributed by atoms with E-state index in [9.17, 15) is 16.6 Å². The average Bonchev–Trinajstić information content (AvgIpc) is 2.28. The Kier molecular flexibility index (Phi) is 3.14. The van der Waals surface area contributed by atoms with Crippen LogP contribution in [0.15, 0.2) is 24.3 Å². The Morgan fingerprint density at radius 3 is 2.47 bits per heavy atom. The number of hydrogen-bond donors (Lipinski definition) is 1.